The minimum Gasteiger partial charge on any atom is -0.340 e. The number of piperidine rings is 2. The normalized spacial score (nSPS) is 30.1. The lowest BCUT2D eigenvalue weighted by molar-refractivity contribution is -0.147. The molecule has 0 spiro atoms. The fourth-order valence-corrected chi connectivity index (χ4v) is 4.24. The minimum atomic E-state index is -1.09. The summed E-state index contributed by atoms with van der Waals surface area (Å²) in [6, 6.07) is 2.99. The SMILES string of the molecule is O=C1CC(C(=O)Nc2ccc(F)c(F)c2)C2C(=O)NC(N3CCCCC3)NC2N1. The highest BCUT2D eigenvalue weighted by atomic mass is 19.2. The smallest absolute Gasteiger partial charge is 0.229 e. The molecule has 3 fully saturated rings. The van der Waals surface area contributed by atoms with Crippen LogP contribution in [0, 0.1) is 23.5 Å². The molecule has 4 N–H and O–H groups in total. The van der Waals surface area contributed by atoms with Crippen LogP contribution in [0.1, 0.15) is 25.7 Å². The number of nitrogens with zero attached hydrogens (tertiary/aromatic N) is 1. The number of hydrogen-bond donors (Lipinski definition) is 4. The van der Waals surface area contributed by atoms with Crippen molar-refractivity contribution in [3.8, 4) is 0 Å². The van der Waals surface area contributed by atoms with Crippen LogP contribution < -0.4 is 21.3 Å². The summed E-state index contributed by atoms with van der Waals surface area (Å²) >= 11 is 0. The van der Waals surface area contributed by atoms with Gasteiger partial charge in [-0.2, -0.15) is 0 Å². The van der Waals surface area contributed by atoms with Crippen molar-refractivity contribution in [2.24, 2.45) is 11.8 Å². The monoisotopic (exact) mass is 407 g/mol. The molecule has 1 aromatic carbocycles. The Morgan fingerprint density at radius 1 is 1.07 bits per heavy atom. The molecule has 3 aliphatic heterocycles. The molecule has 4 atom stereocenters. The summed E-state index contributed by atoms with van der Waals surface area (Å²) < 4.78 is 26.5. The van der Waals surface area contributed by atoms with E-state index in [2.05, 4.69) is 26.2 Å². The highest BCUT2D eigenvalue weighted by Gasteiger charge is 2.49. The predicted octanol–water partition coefficient (Wildman–Crippen LogP) is 0.471. The molecule has 3 heterocycles. The number of nitrogens with one attached hydrogen (secondary N) is 4. The molecule has 0 saturated carbocycles. The highest BCUT2D eigenvalue weighted by molar-refractivity contribution is 6.00. The predicted molar refractivity (Wildman–Crippen MR) is 99.0 cm³/mol. The van der Waals surface area contributed by atoms with Crippen LogP contribution >= 0.6 is 0 Å². The Kier molecular flexibility index (Phi) is 5.46. The van der Waals surface area contributed by atoms with E-state index in [9.17, 15) is 23.2 Å². The van der Waals surface area contributed by atoms with E-state index >= 15 is 0 Å². The fraction of sp³-hybridized carbons (Fsp3) is 0.526. The van der Waals surface area contributed by atoms with Gasteiger partial charge in [0.1, 0.15) is 6.29 Å². The molecule has 4 unspecified atom stereocenters. The maximum atomic E-state index is 13.4. The van der Waals surface area contributed by atoms with Crippen LogP contribution in [0.4, 0.5) is 14.5 Å². The maximum absolute atomic E-state index is 13.4. The first-order valence-corrected chi connectivity index (χ1v) is 9.78. The average Bonchev–Trinajstić information content (AvgIpc) is 2.70. The van der Waals surface area contributed by atoms with Crippen molar-refractivity contribution >= 4 is 23.4 Å². The Morgan fingerprint density at radius 3 is 2.55 bits per heavy atom. The molecule has 0 bridgehead atoms. The Bertz CT molecular complexity index is 830. The Hall–Kier alpha value is -2.59. The summed E-state index contributed by atoms with van der Waals surface area (Å²) in [5, 5.41) is 11.4. The minimum absolute atomic E-state index is 0.0619. The molecule has 10 heteroatoms. The number of carbonyl (C=O) groups is 3. The van der Waals surface area contributed by atoms with E-state index in [1.54, 1.807) is 0 Å². The van der Waals surface area contributed by atoms with Crippen molar-refractivity contribution in [2.75, 3.05) is 18.4 Å². The zero-order valence-electron chi connectivity index (χ0n) is 15.7. The quantitative estimate of drug-likeness (QED) is 0.584. The molecule has 29 heavy (non-hydrogen) atoms. The molecule has 0 aliphatic carbocycles. The third kappa shape index (κ3) is 4.08. The van der Waals surface area contributed by atoms with Gasteiger partial charge in [-0.05, 0) is 25.0 Å². The van der Waals surface area contributed by atoms with Crippen molar-refractivity contribution in [3.05, 3.63) is 29.8 Å². The van der Waals surface area contributed by atoms with E-state index in [1.165, 1.54) is 6.07 Å². The molecule has 156 valence electrons. The summed E-state index contributed by atoms with van der Waals surface area (Å²) in [5.41, 5.74) is 0.0619. The van der Waals surface area contributed by atoms with Crippen LogP contribution in [0.5, 0.6) is 0 Å². The van der Waals surface area contributed by atoms with Crippen molar-refractivity contribution in [3.63, 3.8) is 0 Å². The number of rotatable bonds is 3. The lowest BCUT2D eigenvalue weighted by Crippen LogP contribution is -2.74. The maximum Gasteiger partial charge on any atom is 0.229 e. The van der Waals surface area contributed by atoms with Gasteiger partial charge in [0.05, 0.1) is 18.0 Å². The molecular weight excluding hydrogens is 384 g/mol. The second kappa shape index (κ2) is 8.03. The summed E-state index contributed by atoms with van der Waals surface area (Å²) in [6.07, 6.45) is 1.96. The van der Waals surface area contributed by atoms with Crippen molar-refractivity contribution in [1.29, 1.82) is 0 Å². The number of halogens is 2. The Balaban J connectivity index is 1.49. The Labute approximate surface area is 166 Å². The molecule has 4 rings (SSSR count). The summed E-state index contributed by atoms with van der Waals surface area (Å²) in [6.45, 7) is 1.67. The van der Waals surface area contributed by atoms with Crippen molar-refractivity contribution in [2.45, 2.75) is 38.1 Å². The topological polar surface area (TPSA) is 103 Å². The lowest BCUT2D eigenvalue weighted by Gasteiger charge is -2.46. The van der Waals surface area contributed by atoms with Gasteiger partial charge in [-0.25, -0.2) is 8.78 Å². The molecule has 3 aliphatic rings. The first-order valence-electron chi connectivity index (χ1n) is 9.78. The van der Waals surface area contributed by atoms with Gasteiger partial charge in [-0.1, -0.05) is 6.42 Å². The molecule has 0 aromatic heterocycles. The Morgan fingerprint density at radius 2 is 1.83 bits per heavy atom. The highest BCUT2D eigenvalue weighted by Crippen LogP contribution is 2.29. The van der Waals surface area contributed by atoms with E-state index in [-0.39, 0.29) is 23.9 Å². The van der Waals surface area contributed by atoms with Crippen LogP contribution in [0.25, 0.3) is 0 Å². The van der Waals surface area contributed by atoms with Crippen LogP contribution in [-0.4, -0.2) is 48.2 Å². The third-order valence-corrected chi connectivity index (χ3v) is 5.71. The second-order valence-electron chi connectivity index (χ2n) is 7.67. The number of hydrogen-bond acceptors (Lipinski definition) is 5. The van der Waals surface area contributed by atoms with E-state index in [0.29, 0.717) is 0 Å². The summed E-state index contributed by atoms with van der Waals surface area (Å²) in [4.78, 5) is 39.9. The van der Waals surface area contributed by atoms with Gasteiger partial charge in [-0.15, -0.1) is 0 Å². The van der Waals surface area contributed by atoms with Crippen LogP contribution in [-0.2, 0) is 14.4 Å². The number of likely N-dealkylation sites (tertiary alicyclic amines) is 1. The van der Waals surface area contributed by atoms with Crippen LogP contribution in [0.15, 0.2) is 18.2 Å². The van der Waals surface area contributed by atoms with E-state index in [4.69, 9.17) is 0 Å². The lowest BCUT2D eigenvalue weighted by atomic mass is 9.81. The zero-order chi connectivity index (χ0) is 20.5. The third-order valence-electron chi connectivity index (χ3n) is 5.71. The molecule has 0 radical (unpaired) electrons. The summed E-state index contributed by atoms with van der Waals surface area (Å²) in [5.74, 6) is -5.13. The largest absolute Gasteiger partial charge is 0.340 e. The van der Waals surface area contributed by atoms with Gasteiger partial charge in [0.15, 0.2) is 11.6 Å². The number of fused-ring (bicyclic) bond motifs is 1. The number of benzene rings is 1. The first-order chi connectivity index (χ1) is 13.9. The number of amides is 3. The number of carbonyl (C=O) groups excluding carboxylic acids is 3. The fourth-order valence-electron chi connectivity index (χ4n) is 4.24. The first kappa shape index (κ1) is 19.7. The molecule has 1 aromatic rings. The van der Waals surface area contributed by atoms with Gasteiger partial charge in [-0.3, -0.25) is 24.6 Å². The molecular formula is C19H23F2N5O3. The standard InChI is InChI=1S/C19H23F2N5O3/c20-12-5-4-10(8-13(12)21)22-17(28)11-9-14(27)23-16-15(11)18(29)25-19(24-16)26-6-2-1-3-7-26/h4-5,8,11,15-16,19,24H,1-3,6-7,9H2,(H,22,28)(H,23,27)(H,25,29). The van der Waals surface area contributed by atoms with Crippen LogP contribution in [0.3, 0.4) is 0 Å². The van der Waals surface area contributed by atoms with Crippen molar-refractivity contribution in [1.82, 2.24) is 20.9 Å². The number of anilines is 1. The van der Waals surface area contributed by atoms with Gasteiger partial charge in [0, 0.05) is 31.3 Å². The van der Waals surface area contributed by atoms with Gasteiger partial charge < -0.3 is 16.0 Å². The second-order valence-corrected chi connectivity index (χ2v) is 7.67. The van der Waals surface area contributed by atoms with E-state index < -0.39 is 41.8 Å². The van der Waals surface area contributed by atoms with Crippen molar-refractivity contribution < 1.29 is 23.2 Å². The molecule has 3 amide bonds. The van der Waals surface area contributed by atoms with Gasteiger partial charge >= 0.3 is 0 Å². The molecule has 3 saturated heterocycles. The van der Waals surface area contributed by atoms with E-state index in [1.807, 2.05) is 0 Å². The summed E-state index contributed by atoms with van der Waals surface area (Å²) in [7, 11) is 0. The zero-order valence-corrected chi connectivity index (χ0v) is 15.7. The molecule has 8 nitrogen and oxygen atoms in total. The average molecular weight is 407 g/mol. The van der Waals surface area contributed by atoms with E-state index in [0.717, 1.165) is 44.5 Å². The van der Waals surface area contributed by atoms with Gasteiger partial charge in [0.2, 0.25) is 17.7 Å². The van der Waals surface area contributed by atoms with Gasteiger partial charge in [0.25, 0.3) is 0 Å². The van der Waals surface area contributed by atoms with Crippen LogP contribution in [0.2, 0.25) is 0 Å².